The average molecular weight is 617 g/mol. The Morgan fingerprint density at radius 3 is 2.26 bits per heavy atom. The Kier molecular flexibility index (Phi) is 14.9. The van der Waals surface area contributed by atoms with E-state index < -0.39 is 11.8 Å². The smallest absolute Gasteiger partial charge is 0.320 e. The number of halogens is 3. The van der Waals surface area contributed by atoms with E-state index in [2.05, 4.69) is 30.0 Å². The zero-order valence-corrected chi connectivity index (χ0v) is 26.2. The minimum absolute atomic E-state index is 0.148. The van der Waals surface area contributed by atoms with Crippen molar-refractivity contribution in [1.29, 1.82) is 0 Å². The lowest BCUT2D eigenvalue weighted by Crippen LogP contribution is -2.41. The maximum atomic E-state index is 13.3. The summed E-state index contributed by atoms with van der Waals surface area (Å²) in [5.41, 5.74) is 0.991. The Morgan fingerprint density at radius 1 is 1.02 bits per heavy atom. The molecule has 43 heavy (non-hydrogen) atoms. The standard InChI is InChI=1S/C17H22FNO2.C14H20FNS.C4H5F/c18-15-6-2-5-13(10-15)14-7-8-19(11-14)16(17(20)21)9-12-3-1-4-12;1-16-9-6-12(7-10-16)8-11-17-14-4-2-13(15)3-5-14;1-3-4(2)5/h2,5-6,10,12,14,16H,1,3-4,7-9,11H2,(H,20,21);2-5,12H,6-11H2,1H3;3H,1-2H2. The highest BCUT2D eigenvalue weighted by Crippen LogP contribution is 2.35. The third-order valence-electron chi connectivity index (χ3n) is 8.72. The first-order valence-electron chi connectivity index (χ1n) is 15.4. The van der Waals surface area contributed by atoms with Crippen LogP contribution in [0.4, 0.5) is 13.2 Å². The first-order valence-corrected chi connectivity index (χ1v) is 16.4. The van der Waals surface area contributed by atoms with Gasteiger partial charge in [-0.25, -0.2) is 13.2 Å². The summed E-state index contributed by atoms with van der Waals surface area (Å²) in [7, 11) is 2.20. The van der Waals surface area contributed by atoms with Crippen molar-refractivity contribution >= 4 is 17.7 Å². The van der Waals surface area contributed by atoms with Crippen LogP contribution in [0.1, 0.15) is 62.8 Å². The van der Waals surface area contributed by atoms with Crippen molar-refractivity contribution in [3.8, 4) is 0 Å². The predicted molar refractivity (Wildman–Crippen MR) is 171 cm³/mol. The monoisotopic (exact) mass is 616 g/mol. The minimum Gasteiger partial charge on any atom is -0.480 e. The molecule has 5 rings (SSSR count). The highest BCUT2D eigenvalue weighted by molar-refractivity contribution is 7.99. The normalized spacial score (nSPS) is 20.1. The molecule has 4 nitrogen and oxygen atoms in total. The van der Waals surface area contributed by atoms with E-state index in [-0.39, 0.29) is 23.6 Å². The van der Waals surface area contributed by atoms with Gasteiger partial charge in [-0.3, -0.25) is 9.69 Å². The molecule has 1 aliphatic carbocycles. The highest BCUT2D eigenvalue weighted by Gasteiger charge is 2.35. The summed E-state index contributed by atoms with van der Waals surface area (Å²) in [4.78, 5) is 17.2. The number of likely N-dealkylation sites (tertiary alicyclic amines) is 2. The van der Waals surface area contributed by atoms with Crippen LogP contribution in [0.3, 0.4) is 0 Å². The number of carbonyl (C=O) groups is 1. The van der Waals surface area contributed by atoms with E-state index in [1.165, 1.54) is 74.7 Å². The molecule has 3 aliphatic rings. The van der Waals surface area contributed by atoms with Gasteiger partial charge in [0.15, 0.2) is 0 Å². The van der Waals surface area contributed by atoms with Gasteiger partial charge < -0.3 is 10.0 Å². The average Bonchev–Trinajstić information content (AvgIpc) is 3.45. The lowest BCUT2D eigenvalue weighted by Gasteiger charge is -2.32. The largest absolute Gasteiger partial charge is 0.480 e. The molecular weight excluding hydrogens is 569 g/mol. The maximum Gasteiger partial charge on any atom is 0.320 e. The molecule has 2 unspecified atom stereocenters. The third-order valence-corrected chi connectivity index (χ3v) is 9.76. The van der Waals surface area contributed by atoms with Crippen LogP contribution in [0.2, 0.25) is 0 Å². The molecule has 0 radical (unpaired) electrons. The van der Waals surface area contributed by atoms with Crippen LogP contribution in [0, 0.1) is 23.5 Å². The van der Waals surface area contributed by atoms with Gasteiger partial charge in [-0.1, -0.05) is 44.6 Å². The summed E-state index contributed by atoms with van der Waals surface area (Å²) in [5.74, 6) is 1.33. The van der Waals surface area contributed by atoms with Gasteiger partial charge in [-0.2, -0.15) is 0 Å². The van der Waals surface area contributed by atoms with E-state index in [9.17, 15) is 23.1 Å². The number of hydrogen-bond donors (Lipinski definition) is 1. The molecule has 0 bridgehead atoms. The molecule has 2 aromatic rings. The summed E-state index contributed by atoms with van der Waals surface area (Å²) in [5, 5.41) is 9.50. The van der Waals surface area contributed by atoms with Crippen molar-refractivity contribution in [3.63, 3.8) is 0 Å². The highest BCUT2D eigenvalue weighted by atomic mass is 32.2. The lowest BCUT2D eigenvalue weighted by atomic mass is 9.80. The van der Waals surface area contributed by atoms with Gasteiger partial charge in [-0.15, -0.1) is 11.8 Å². The zero-order valence-electron chi connectivity index (χ0n) is 25.4. The van der Waals surface area contributed by atoms with E-state index >= 15 is 0 Å². The van der Waals surface area contributed by atoms with Gasteiger partial charge in [0.1, 0.15) is 23.5 Å². The Hall–Kier alpha value is -2.55. The Morgan fingerprint density at radius 2 is 1.70 bits per heavy atom. The molecule has 3 fully saturated rings. The minimum atomic E-state index is -0.707. The van der Waals surface area contributed by atoms with Crippen LogP contribution < -0.4 is 0 Å². The fraction of sp³-hybridized carbons (Fsp3) is 0.514. The van der Waals surface area contributed by atoms with Crippen molar-refractivity contribution in [3.05, 3.63) is 90.8 Å². The maximum absolute atomic E-state index is 13.3. The van der Waals surface area contributed by atoms with Gasteiger partial charge in [-0.05, 0) is 130 Å². The van der Waals surface area contributed by atoms with E-state index in [0.29, 0.717) is 5.92 Å². The quantitative estimate of drug-likeness (QED) is 0.214. The Bertz CT molecular complexity index is 1150. The third kappa shape index (κ3) is 12.5. The molecule has 2 heterocycles. The molecule has 1 N–H and O–H groups in total. The number of thioether (sulfide) groups is 1. The van der Waals surface area contributed by atoms with Gasteiger partial charge in [0.2, 0.25) is 0 Å². The lowest BCUT2D eigenvalue weighted by molar-refractivity contribution is -0.143. The first kappa shape index (κ1) is 34.9. The number of benzene rings is 2. The molecule has 0 spiro atoms. The fourth-order valence-corrected chi connectivity index (χ4v) is 6.79. The van der Waals surface area contributed by atoms with Crippen LogP contribution >= 0.6 is 11.8 Å². The van der Waals surface area contributed by atoms with E-state index in [1.807, 2.05) is 30.0 Å². The van der Waals surface area contributed by atoms with Crippen molar-refractivity contribution in [1.82, 2.24) is 9.80 Å². The molecule has 1 saturated carbocycles. The fourth-order valence-electron chi connectivity index (χ4n) is 5.78. The van der Waals surface area contributed by atoms with Gasteiger partial charge in [0.25, 0.3) is 0 Å². The molecule has 8 heteroatoms. The van der Waals surface area contributed by atoms with Crippen LogP contribution in [-0.4, -0.2) is 65.9 Å². The van der Waals surface area contributed by atoms with Crippen LogP contribution in [0.15, 0.2) is 78.5 Å². The summed E-state index contributed by atoms with van der Waals surface area (Å²) in [6, 6.07) is 13.2. The van der Waals surface area contributed by atoms with Crippen molar-refractivity contribution in [2.45, 2.75) is 68.2 Å². The number of piperidine rings is 1. The van der Waals surface area contributed by atoms with Crippen molar-refractivity contribution < 1.29 is 23.1 Å². The van der Waals surface area contributed by atoms with E-state index in [0.717, 1.165) is 49.2 Å². The molecule has 2 atom stereocenters. The van der Waals surface area contributed by atoms with Crippen molar-refractivity contribution in [2.24, 2.45) is 11.8 Å². The number of aliphatic carboxylic acids is 1. The summed E-state index contributed by atoms with van der Waals surface area (Å²) < 4.78 is 37.2. The first-order chi connectivity index (χ1) is 20.6. The molecule has 0 amide bonds. The van der Waals surface area contributed by atoms with E-state index in [4.69, 9.17) is 0 Å². The van der Waals surface area contributed by atoms with E-state index in [1.54, 1.807) is 12.1 Å². The van der Waals surface area contributed by atoms with Gasteiger partial charge in [0, 0.05) is 11.4 Å². The zero-order chi connectivity index (χ0) is 31.2. The second-order valence-corrected chi connectivity index (χ2v) is 13.1. The SMILES string of the molecule is C=CC(=C)F.CN1CCC(CCSc2ccc(F)cc2)CC1.O=C(O)C(CC1CCC1)N1CCC(c2cccc(F)c2)C1. The molecule has 236 valence electrons. The second kappa shape index (κ2) is 18.3. The van der Waals surface area contributed by atoms with Gasteiger partial charge in [0.05, 0.1) is 0 Å². The van der Waals surface area contributed by atoms with Crippen LogP contribution in [-0.2, 0) is 4.79 Å². The molecule has 2 aromatic carbocycles. The number of allylic oxidation sites excluding steroid dienone is 2. The number of nitrogens with zero attached hydrogens (tertiary/aromatic N) is 2. The number of hydrogen-bond acceptors (Lipinski definition) is 4. The molecule has 2 aliphatic heterocycles. The van der Waals surface area contributed by atoms with Crippen molar-refractivity contribution in [2.75, 3.05) is 39.0 Å². The molecule has 2 saturated heterocycles. The Labute approximate surface area is 260 Å². The topological polar surface area (TPSA) is 43.8 Å². The summed E-state index contributed by atoms with van der Waals surface area (Å²) in [6.45, 7) is 9.98. The number of carboxylic acids is 1. The second-order valence-electron chi connectivity index (χ2n) is 11.9. The van der Waals surface area contributed by atoms with Crippen LogP contribution in [0.25, 0.3) is 0 Å². The molecule has 0 aromatic heterocycles. The summed E-state index contributed by atoms with van der Waals surface area (Å²) in [6.07, 6.45) is 10.3. The Balaban J connectivity index is 0.000000207. The number of rotatable bonds is 10. The summed E-state index contributed by atoms with van der Waals surface area (Å²) >= 11 is 1.84. The number of carboxylic acid groups (broad SMARTS) is 1. The van der Waals surface area contributed by atoms with Gasteiger partial charge >= 0.3 is 5.97 Å². The van der Waals surface area contributed by atoms with Crippen LogP contribution in [0.5, 0.6) is 0 Å². The molecular formula is C35H47F3N2O2S. The predicted octanol–water partition coefficient (Wildman–Crippen LogP) is 8.56.